The number of quaternary nitrogens is 1. The highest BCUT2D eigenvalue weighted by molar-refractivity contribution is 5.77. The first-order valence-electron chi connectivity index (χ1n) is 8.26. The van der Waals surface area contributed by atoms with E-state index >= 15 is 0 Å². The second kappa shape index (κ2) is 7.76. The number of likely N-dealkylation sites (N-methyl/N-ethyl adjacent to an activating group) is 1. The van der Waals surface area contributed by atoms with Crippen LogP contribution in [0, 0.1) is 0 Å². The summed E-state index contributed by atoms with van der Waals surface area (Å²) >= 11 is 0. The molecule has 0 saturated heterocycles. The Hall–Kier alpha value is -2.93. The van der Waals surface area contributed by atoms with E-state index in [0.29, 0.717) is 42.1 Å². The van der Waals surface area contributed by atoms with Crippen molar-refractivity contribution in [2.75, 3.05) is 13.1 Å². The normalized spacial score (nSPS) is 12.2. The van der Waals surface area contributed by atoms with Crippen LogP contribution < -0.4 is 15.8 Å². The van der Waals surface area contributed by atoms with Crippen LogP contribution in [0.1, 0.15) is 18.5 Å². The number of hydrogen-bond acceptors (Lipinski definition) is 4. The van der Waals surface area contributed by atoms with Gasteiger partial charge in [0.1, 0.15) is 12.3 Å². The number of furan rings is 1. The average molecular weight is 341 g/mol. The topological polar surface area (TPSA) is 92.4 Å². The van der Waals surface area contributed by atoms with Gasteiger partial charge in [0.25, 0.3) is 11.5 Å². The molecule has 130 valence electrons. The quantitative estimate of drug-likeness (QED) is 0.574. The van der Waals surface area contributed by atoms with Crippen molar-refractivity contribution in [2.24, 2.45) is 0 Å². The van der Waals surface area contributed by atoms with E-state index in [1.54, 1.807) is 18.4 Å². The lowest BCUT2D eigenvalue weighted by atomic mass is 10.2. The lowest BCUT2D eigenvalue weighted by Gasteiger charge is -2.16. The monoisotopic (exact) mass is 341 g/mol. The molecule has 0 aliphatic carbocycles. The Bertz CT molecular complexity index is 902. The van der Waals surface area contributed by atoms with Crippen LogP contribution in [0.3, 0.4) is 0 Å². The van der Waals surface area contributed by atoms with Gasteiger partial charge in [-0.3, -0.25) is 9.59 Å². The minimum atomic E-state index is -0.154. The number of amides is 1. The number of rotatable bonds is 7. The summed E-state index contributed by atoms with van der Waals surface area (Å²) in [6, 6.07) is 10.8. The highest BCUT2D eigenvalue weighted by atomic mass is 16.3. The maximum Gasteiger partial charge on any atom is 0.275 e. The van der Waals surface area contributed by atoms with Crippen molar-refractivity contribution < 1.29 is 14.1 Å². The van der Waals surface area contributed by atoms with E-state index in [1.165, 1.54) is 0 Å². The Morgan fingerprint density at radius 3 is 2.88 bits per heavy atom. The standard InChI is InChI=1S/C18H20N4O3/c1-2-22(12-17(23)19-10-13-6-5-9-25-13)11-16-20-15-8-4-3-7-14(15)18(24)21-16/h3-9H,2,10-12H2,1H3,(H,19,23)(H,20,21,24)/p+1. The van der Waals surface area contributed by atoms with E-state index in [4.69, 9.17) is 4.42 Å². The molecule has 0 saturated carbocycles. The minimum absolute atomic E-state index is 0.0728. The van der Waals surface area contributed by atoms with E-state index < -0.39 is 0 Å². The number of hydrogen-bond donors (Lipinski definition) is 3. The number of aromatic nitrogens is 2. The molecule has 0 spiro atoms. The Kier molecular flexibility index (Phi) is 5.25. The van der Waals surface area contributed by atoms with Crippen LogP contribution in [0.25, 0.3) is 10.9 Å². The lowest BCUT2D eigenvalue weighted by Crippen LogP contribution is -3.11. The maximum absolute atomic E-state index is 12.1. The summed E-state index contributed by atoms with van der Waals surface area (Å²) in [6.45, 7) is 3.88. The van der Waals surface area contributed by atoms with E-state index in [1.807, 2.05) is 31.2 Å². The second-order valence-corrected chi connectivity index (χ2v) is 5.84. The van der Waals surface area contributed by atoms with Gasteiger partial charge >= 0.3 is 0 Å². The highest BCUT2D eigenvalue weighted by Crippen LogP contribution is 2.04. The average Bonchev–Trinajstić information content (AvgIpc) is 3.13. The van der Waals surface area contributed by atoms with Crippen LogP contribution >= 0.6 is 0 Å². The molecule has 3 aromatic rings. The number of H-pyrrole nitrogens is 1. The van der Waals surface area contributed by atoms with Crippen molar-refractivity contribution in [1.82, 2.24) is 15.3 Å². The van der Waals surface area contributed by atoms with Gasteiger partial charge < -0.3 is 19.6 Å². The van der Waals surface area contributed by atoms with Crippen molar-refractivity contribution in [3.8, 4) is 0 Å². The molecule has 0 radical (unpaired) electrons. The Morgan fingerprint density at radius 2 is 2.12 bits per heavy atom. The molecule has 25 heavy (non-hydrogen) atoms. The summed E-state index contributed by atoms with van der Waals surface area (Å²) in [5, 5.41) is 3.40. The molecule has 7 nitrogen and oxygen atoms in total. The number of fused-ring (bicyclic) bond motifs is 1. The highest BCUT2D eigenvalue weighted by Gasteiger charge is 2.15. The molecular formula is C18H21N4O3+. The van der Waals surface area contributed by atoms with E-state index in [0.717, 1.165) is 11.4 Å². The van der Waals surface area contributed by atoms with Gasteiger partial charge in [-0.05, 0) is 31.2 Å². The summed E-state index contributed by atoms with van der Waals surface area (Å²) in [5.74, 6) is 1.22. The van der Waals surface area contributed by atoms with Gasteiger partial charge in [-0.2, -0.15) is 0 Å². The molecule has 0 fully saturated rings. The van der Waals surface area contributed by atoms with Gasteiger partial charge in [0.15, 0.2) is 12.4 Å². The third kappa shape index (κ3) is 4.33. The van der Waals surface area contributed by atoms with Crippen molar-refractivity contribution >= 4 is 16.8 Å². The Labute approximate surface area is 144 Å². The number of carbonyl (C=O) groups is 1. The summed E-state index contributed by atoms with van der Waals surface area (Å²) in [4.78, 5) is 32.6. The third-order valence-corrected chi connectivity index (χ3v) is 4.03. The van der Waals surface area contributed by atoms with Gasteiger partial charge in [-0.15, -0.1) is 0 Å². The fraction of sp³-hybridized carbons (Fsp3) is 0.278. The minimum Gasteiger partial charge on any atom is -0.467 e. The first-order valence-corrected chi connectivity index (χ1v) is 8.26. The van der Waals surface area contributed by atoms with Crippen LogP contribution in [0.15, 0.2) is 51.9 Å². The van der Waals surface area contributed by atoms with Gasteiger partial charge in [0.05, 0.1) is 30.3 Å². The first kappa shape index (κ1) is 16.9. The zero-order valence-corrected chi connectivity index (χ0v) is 14.0. The van der Waals surface area contributed by atoms with Crippen molar-refractivity contribution in [2.45, 2.75) is 20.0 Å². The molecule has 1 unspecified atom stereocenters. The smallest absolute Gasteiger partial charge is 0.275 e. The van der Waals surface area contributed by atoms with Crippen LogP contribution in [0.4, 0.5) is 0 Å². The fourth-order valence-corrected chi connectivity index (χ4v) is 2.66. The molecular weight excluding hydrogens is 320 g/mol. The predicted octanol–water partition coefficient (Wildman–Crippen LogP) is 0.237. The summed E-state index contributed by atoms with van der Waals surface area (Å²) < 4.78 is 5.19. The number of aromatic amines is 1. The van der Waals surface area contributed by atoms with Gasteiger partial charge in [-0.25, -0.2) is 4.98 Å². The van der Waals surface area contributed by atoms with Crippen LogP contribution in [-0.2, 0) is 17.9 Å². The molecule has 7 heteroatoms. The van der Waals surface area contributed by atoms with Gasteiger partial charge in [0, 0.05) is 0 Å². The first-order chi connectivity index (χ1) is 12.2. The number of nitrogens with one attached hydrogen (secondary N) is 3. The predicted molar refractivity (Wildman–Crippen MR) is 93.0 cm³/mol. The van der Waals surface area contributed by atoms with E-state index in [-0.39, 0.29) is 11.5 Å². The molecule has 2 heterocycles. The molecule has 1 amide bonds. The van der Waals surface area contributed by atoms with Crippen molar-refractivity contribution in [1.29, 1.82) is 0 Å². The van der Waals surface area contributed by atoms with E-state index in [9.17, 15) is 9.59 Å². The third-order valence-electron chi connectivity index (χ3n) is 4.03. The number of para-hydroxylation sites is 1. The molecule has 0 aliphatic heterocycles. The molecule has 0 aliphatic rings. The number of benzene rings is 1. The molecule has 2 aromatic heterocycles. The molecule has 3 rings (SSSR count). The molecule has 3 N–H and O–H groups in total. The fourth-order valence-electron chi connectivity index (χ4n) is 2.66. The largest absolute Gasteiger partial charge is 0.467 e. The van der Waals surface area contributed by atoms with Crippen molar-refractivity contribution in [3.63, 3.8) is 0 Å². The summed E-state index contributed by atoms with van der Waals surface area (Å²) in [6.07, 6.45) is 1.58. The van der Waals surface area contributed by atoms with Gasteiger partial charge in [-0.1, -0.05) is 12.1 Å². The molecule has 1 aromatic carbocycles. The maximum atomic E-state index is 12.1. The van der Waals surface area contributed by atoms with Gasteiger partial charge in [0.2, 0.25) is 0 Å². The summed E-state index contributed by atoms with van der Waals surface area (Å²) in [5.41, 5.74) is 0.511. The van der Waals surface area contributed by atoms with Crippen LogP contribution in [0.2, 0.25) is 0 Å². The molecule has 0 bridgehead atoms. The second-order valence-electron chi connectivity index (χ2n) is 5.84. The number of nitrogens with zero attached hydrogens (tertiary/aromatic N) is 1. The van der Waals surface area contributed by atoms with E-state index in [2.05, 4.69) is 15.3 Å². The number of carbonyl (C=O) groups excluding carboxylic acids is 1. The van der Waals surface area contributed by atoms with Crippen LogP contribution in [0.5, 0.6) is 0 Å². The SMILES string of the molecule is CC[NH+](CC(=O)NCc1ccco1)Cc1nc2ccccc2c(=O)[nH]1. The zero-order chi connectivity index (χ0) is 17.6. The van der Waals surface area contributed by atoms with Crippen molar-refractivity contribution in [3.05, 3.63) is 64.6 Å². The zero-order valence-electron chi connectivity index (χ0n) is 14.0. The Balaban J connectivity index is 1.63. The summed E-state index contributed by atoms with van der Waals surface area (Å²) in [7, 11) is 0. The Morgan fingerprint density at radius 1 is 1.28 bits per heavy atom. The molecule has 1 atom stereocenters. The van der Waals surface area contributed by atoms with Crippen LogP contribution in [-0.4, -0.2) is 29.0 Å². The lowest BCUT2D eigenvalue weighted by molar-refractivity contribution is -0.904.